The number of benzene rings is 1. The average molecular weight is 275 g/mol. The van der Waals surface area contributed by atoms with Crippen LogP contribution in [-0.4, -0.2) is 32.1 Å². The highest BCUT2D eigenvalue weighted by molar-refractivity contribution is 9.10. The van der Waals surface area contributed by atoms with Crippen molar-refractivity contribution in [1.82, 2.24) is 10.2 Å². The van der Waals surface area contributed by atoms with E-state index >= 15 is 0 Å². The molecule has 1 aromatic carbocycles. The number of nitrogens with one attached hydrogen (secondary N) is 1. The number of rotatable bonds is 5. The number of likely N-dealkylation sites (N-methyl/N-ethyl adjacent to an activating group) is 2. The van der Waals surface area contributed by atoms with Gasteiger partial charge in [-0.3, -0.25) is 0 Å². The van der Waals surface area contributed by atoms with Crippen molar-refractivity contribution in [1.29, 1.82) is 0 Å². The summed E-state index contributed by atoms with van der Waals surface area (Å²) in [5, 5.41) is 3.08. The minimum absolute atomic E-state index is 0.200. The maximum Gasteiger partial charge on any atom is 0.137 e. The summed E-state index contributed by atoms with van der Waals surface area (Å²) < 4.78 is 13.8. The molecule has 0 unspecified atom stereocenters. The summed E-state index contributed by atoms with van der Waals surface area (Å²) in [6, 6.07) is 5.13. The fourth-order valence-corrected chi connectivity index (χ4v) is 1.73. The lowest BCUT2D eigenvalue weighted by molar-refractivity contribution is 0.327. The first-order valence-corrected chi connectivity index (χ1v) is 5.70. The topological polar surface area (TPSA) is 15.3 Å². The molecule has 0 aliphatic rings. The summed E-state index contributed by atoms with van der Waals surface area (Å²) in [6.07, 6.45) is 0. The number of hydrogen-bond donors (Lipinski definition) is 1. The maximum absolute atomic E-state index is 13.2. The predicted molar refractivity (Wildman–Crippen MR) is 64.4 cm³/mol. The molecule has 0 fully saturated rings. The van der Waals surface area contributed by atoms with Gasteiger partial charge >= 0.3 is 0 Å². The van der Waals surface area contributed by atoms with Crippen LogP contribution in [0.25, 0.3) is 0 Å². The Labute approximate surface area is 98.6 Å². The van der Waals surface area contributed by atoms with Gasteiger partial charge in [0.05, 0.1) is 4.47 Å². The van der Waals surface area contributed by atoms with Crippen molar-refractivity contribution < 1.29 is 4.39 Å². The Bertz CT molecular complexity index is 317. The van der Waals surface area contributed by atoms with Gasteiger partial charge in [-0.15, -0.1) is 0 Å². The highest BCUT2D eigenvalue weighted by atomic mass is 79.9. The van der Waals surface area contributed by atoms with Crippen molar-refractivity contribution in [3.8, 4) is 0 Å². The summed E-state index contributed by atoms with van der Waals surface area (Å²) >= 11 is 3.26. The second-order valence-electron chi connectivity index (χ2n) is 3.55. The van der Waals surface area contributed by atoms with Crippen molar-refractivity contribution in [2.75, 3.05) is 27.2 Å². The van der Waals surface area contributed by atoms with Crippen LogP contribution in [0.1, 0.15) is 5.56 Å². The van der Waals surface area contributed by atoms with E-state index in [1.807, 2.05) is 20.2 Å². The Morgan fingerprint density at radius 3 is 2.87 bits per heavy atom. The standard InChI is InChI=1S/C11H16BrFN2/c1-14-6-7-15(2)8-9-4-3-5-10(13)11(9)12/h3-5,14H,6-8H2,1-2H3. The van der Waals surface area contributed by atoms with Gasteiger partial charge in [0.15, 0.2) is 0 Å². The molecule has 15 heavy (non-hydrogen) atoms. The summed E-state index contributed by atoms with van der Waals surface area (Å²) in [4.78, 5) is 2.15. The molecule has 0 saturated heterocycles. The van der Waals surface area contributed by atoms with E-state index < -0.39 is 0 Å². The fourth-order valence-electron chi connectivity index (χ4n) is 1.34. The van der Waals surface area contributed by atoms with Gasteiger partial charge in [-0.2, -0.15) is 0 Å². The van der Waals surface area contributed by atoms with E-state index in [-0.39, 0.29) is 5.82 Å². The second-order valence-corrected chi connectivity index (χ2v) is 4.35. The molecule has 0 atom stereocenters. The van der Waals surface area contributed by atoms with Crippen molar-refractivity contribution in [3.05, 3.63) is 34.1 Å². The molecule has 0 aliphatic carbocycles. The molecular formula is C11H16BrFN2. The molecule has 0 radical (unpaired) electrons. The summed E-state index contributed by atoms with van der Waals surface area (Å²) in [5.41, 5.74) is 0.980. The van der Waals surface area contributed by atoms with Gasteiger partial charge in [-0.1, -0.05) is 12.1 Å². The van der Waals surface area contributed by atoms with Crippen LogP contribution in [0, 0.1) is 5.82 Å². The van der Waals surface area contributed by atoms with Gasteiger partial charge in [0.2, 0.25) is 0 Å². The van der Waals surface area contributed by atoms with Crippen molar-refractivity contribution in [2.24, 2.45) is 0 Å². The molecule has 0 spiro atoms. The fraction of sp³-hybridized carbons (Fsp3) is 0.455. The minimum atomic E-state index is -0.200. The molecule has 0 amide bonds. The van der Waals surface area contributed by atoms with Crippen molar-refractivity contribution in [2.45, 2.75) is 6.54 Å². The SMILES string of the molecule is CNCCN(C)Cc1cccc(F)c1Br. The second kappa shape index (κ2) is 6.20. The van der Waals surface area contributed by atoms with Crippen molar-refractivity contribution in [3.63, 3.8) is 0 Å². The molecule has 0 aromatic heterocycles. The third kappa shape index (κ3) is 3.89. The molecule has 1 aromatic rings. The van der Waals surface area contributed by atoms with Gasteiger partial charge in [-0.25, -0.2) is 4.39 Å². The Balaban J connectivity index is 2.60. The van der Waals surface area contributed by atoms with Crippen LogP contribution in [-0.2, 0) is 6.54 Å². The highest BCUT2D eigenvalue weighted by Gasteiger charge is 2.07. The van der Waals surface area contributed by atoms with Crippen LogP contribution in [0.15, 0.2) is 22.7 Å². The first kappa shape index (κ1) is 12.6. The normalized spacial score (nSPS) is 11.0. The average Bonchev–Trinajstić information content (AvgIpc) is 2.22. The Hall–Kier alpha value is -0.450. The Morgan fingerprint density at radius 2 is 2.20 bits per heavy atom. The molecule has 84 valence electrons. The van der Waals surface area contributed by atoms with Crippen LogP contribution in [0.3, 0.4) is 0 Å². The van der Waals surface area contributed by atoms with E-state index in [9.17, 15) is 4.39 Å². The molecule has 0 bridgehead atoms. The molecule has 0 saturated carbocycles. The smallest absolute Gasteiger partial charge is 0.137 e. The molecule has 2 nitrogen and oxygen atoms in total. The number of halogens is 2. The summed E-state index contributed by atoms with van der Waals surface area (Å²) in [7, 11) is 3.95. The molecule has 0 aliphatic heterocycles. The van der Waals surface area contributed by atoms with E-state index in [1.165, 1.54) is 6.07 Å². The summed E-state index contributed by atoms with van der Waals surface area (Å²) in [6.45, 7) is 2.63. The number of nitrogens with zero attached hydrogens (tertiary/aromatic N) is 1. The van der Waals surface area contributed by atoms with E-state index in [4.69, 9.17) is 0 Å². The molecule has 1 N–H and O–H groups in total. The van der Waals surface area contributed by atoms with Gasteiger partial charge in [0.25, 0.3) is 0 Å². The van der Waals surface area contributed by atoms with Crippen LogP contribution in [0.4, 0.5) is 4.39 Å². The van der Waals surface area contributed by atoms with Gasteiger partial charge in [0.1, 0.15) is 5.82 Å². The lowest BCUT2D eigenvalue weighted by Crippen LogP contribution is -2.27. The molecule has 1 rings (SSSR count). The molecule has 4 heteroatoms. The quantitative estimate of drug-likeness (QED) is 0.886. The van der Waals surface area contributed by atoms with E-state index in [0.29, 0.717) is 4.47 Å². The van der Waals surface area contributed by atoms with Crippen LogP contribution in [0.5, 0.6) is 0 Å². The zero-order valence-electron chi connectivity index (χ0n) is 9.06. The lowest BCUT2D eigenvalue weighted by atomic mass is 10.2. The van der Waals surface area contributed by atoms with Gasteiger partial charge in [-0.05, 0) is 41.7 Å². The molecule has 0 heterocycles. The number of hydrogen-bond acceptors (Lipinski definition) is 2. The third-order valence-corrected chi connectivity index (χ3v) is 3.10. The van der Waals surface area contributed by atoms with Crippen LogP contribution >= 0.6 is 15.9 Å². The van der Waals surface area contributed by atoms with Crippen LogP contribution in [0.2, 0.25) is 0 Å². The maximum atomic E-state index is 13.2. The first-order valence-electron chi connectivity index (χ1n) is 4.91. The predicted octanol–water partition coefficient (Wildman–Crippen LogP) is 2.24. The van der Waals surface area contributed by atoms with E-state index in [2.05, 4.69) is 26.1 Å². The van der Waals surface area contributed by atoms with E-state index in [0.717, 1.165) is 25.2 Å². The third-order valence-electron chi connectivity index (χ3n) is 2.22. The molecular weight excluding hydrogens is 259 g/mol. The Kier molecular flexibility index (Phi) is 5.22. The monoisotopic (exact) mass is 274 g/mol. The first-order chi connectivity index (χ1) is 7.15. The zero-order chi connectivity index (χ0) is 11.3. The van der Waals surface area contributed by atoms with E-state index in [1.54, 1.807) is 6.07 Å². The highest BCUT2D eigenvalue weighted by Crippen LogP contribution is 2.21. The van der Waals surface area contributed by atoms with Gasteiger partial charge in [0, 0.05) is 19.6 Å². The minimum Gasteiger partial charge on any atom is -0.318 e. The van der Waals surface area contributed by atoms with Gasteiger partial charge < -0.3 is 10.2 Å². The van der Waals surface area contributed by atoms with Crippen molar-refractivity contribution >= 4 is 15.9 Å². The lowest BCUT2D eigenvalue weighted by Gasteiger charge is -2.17. The zero-order valence-corrected chi connectivity index (χ0v) is 10.6. The largest absolute Gasteiger partial charge is 0.318 e. The van der Waals surface area contributed by atoms with Crippen LogP contribution < -0.4 is 5.32 Å². The summed E-state index contributed by atoms with van der Waals surface area (Å²) in [5.74, 6) is -0.200. The Morgan fingerprint density at radius 1 is 1.47 bits per heavy atom.